The summed E-state index contributed by atoms with van der Waals surface area (Å²) in [4.78, 5) is 2.07. The average molecular weight is 204 g/mol. The fourth-order valence-electron chi connectivity index (χ4n) is 2.27. The minimum atomic E-state index is -0.417. The van der Waals surface area contributed by atoms with Crippen LogP contribution in [0.3, 0.4) is 0 Å². The quantitative estimate of drug-likeness (QED) is 0.649. The molecular formula is C12H13FN2. The number of nitrogens with zero attached hydrogens (tertiary/aromatic N) is 2. The molecule has 78 valence electrons. The highest BCUT2D eigenvalue weighted by Crippen LogP contribution is 2.40. The Bertz CT molecular complexity index is 457. The molecule has 2 nitrogen and oxygen atoms in total. The lowest BCUT2D eigenvalue weighted by Crippen LogP contribution is -2.24. The maximum atomic E-state index is 13.5. The molecule has 0 saturated carbocycles. The summed E-state index contributed by atoms with van der Waals surface area (Å²) >= 11 is 0. The minimum absolute atomic E-state index is 0.0427. The van der Waals surface area contributed by atoms with Crippen molar-refractivity contribution in [1.82, 2.24) is 0 Å². The van der Waals surface area contributed by atoms with Gasteiger partial charge < -0.3 is 4.90 Å². The third-order valence-corrected chi connectivity index (χ3v) is 2.98. The fourth-order valence-corrected chi connectivity index (χ4v) is 2.27. The van der Waals surface area contributed by atoms with Gasteiger partial charge in [-0.2, -0.15) is 5.26 Å². The molecule has 0 aromatic heterocycles. The Morgan fingerprint density at radius 2 is 2.13 bits per heavy atom. The van der Waals surface area contributed by atoms with Gasteiger partial charge >= 0.3 is 0 Å². The van der Waals surface area contributed by atoms with E-state index < -0.39 is 5.82 Å². The van der Waals surface area contributed by atoms with Crippen molar-refractivity contribution in [2.75, 3.05) is 18.5 Å². The zero-order chi connectivity index (χ0) is 11.2. The van der Waals surface area contributed by atoms with E-state index in [4.69, 9.17) is 5.26 Å². The van der Waals surface area contributed by atoms with Crippen LogP contribution < -0.4 is 4.90 Å². The van der Waals surface area contributed by atoms with Crippen LogP contribution in [0.4, 0.5) is 10.1 Å². The van der Waals surface area contributed by atoms with Gasteiger partial charge in [-0.1, -0.05) is 13.8 Å². The summed E-state index contributed by atoms with van der Waals surface area (Å²) in [5.74, 6) is -0.417. The predicted octanol–water partition coefficient (Wildman–Crippen LogP) is 2.42. The maximum Gasteiger partial charge on any atom is 0.141 e. The summed E-state index contributed by atoms with van der Waals surface area (Å²) in [5.41, 5.74) is 2.04. The minimum Gasteiger partial charge on any atom is -0.373 e. The molecule has 1 aliphatic heterocycles. The third-order valence-electron chi connectivity index (χ3n) is 2.98. The number of likely N-dealkylation sites (N-methyl/N-ethyl adjacent to an activating group) is 1. The summed E-state index contributed by atoms with van der Waals surface area (Å²) in [7, 11) is 1.96. The normalized spacial score (nSPS) is 17.4. The van der Waals surface area contributed by atoms with E-state index in [1.807, 2.05) is 13.1 Å². The zero-order valence-electron chi connectivity index (χ0n) is 9.13. The lowest BCUT2D eigenvalue weighted by Gasteiger charge is -2.18. The molecule has 0 N–H and O–H groups in total. The van der Waals surface area contributed by atoms with Crippen molar-refractivity contribution in [3.8, 4) is 6.07 Å². The van der Waals surface area contributed by atoms with Crippen LogP contribution in [0.2, 0.25) is 0 Å². The van der Waals surface area contributed by atoms with E-state index >= 15 is 0 Å². The maximum absolute atomic E-state index is 13.5. The van der Waals surface area contributed by atoms with E-state index in [1.54, 1.807) is 6.07 Å². The van der Waals surface area contributed by atoms with E-state index in [-0.39, 0.29) is 11.0 Å². The molecule has 0 aliphatic carbocycles. The Morgan fingerprint density at radius 3 is 2.73 bits per heavy atom. The van der Waals surface area contributed by atoms with Crippen LogP contribution in [-0.2, 0) is 5.41 Å². The molecule has 0 radical (unpaired) electrons. The number of fused-ring (bicyclic) bond motifs is 1. The van der Waals surface area contributed by atoms with Crippen molar-refractivity contribution < 1.29 is 4.39 Å². The second-order valence-corrected chi connectivity index (χ2v) is 4.70. The van der Waals surface area contributed by atoms with E-state index in [9.17, 15) is 4.39 Å². The molecule has 0 bridgehead atoms. The predicted molar refractivity (Wildman–Crippen MR) is 57.4 cm³/mol. The van der Waals surface area contributed by atoms with E-state index in [0.29, 0.717) is 0 Å². The van der Waals surface area contributed by atoms with Crippen molar-refractivity contribution in [3.63, 3.8) is 0 Å². The Labute approximate surface area is 88.9 Å². The topological polar surface area (TPSA) is 27.0 Å². The van der Waals surface area contributed by atoms with Gasteiger partial charge in [0.25, 0.3) is 0 Å². The van der Waals surface area contributed by atoms with Crippen molar-refractivity contribution >= 4 is 5.69 Å². The van der Waals surface area contributed by atoms with Gasteiger partial charge in [0.1, 0.15) is 11.9 Å². The molecule has 15 heavy (non-hydrogen) atoms. The standard InChI is InChI=1S/C12H13FN2/c1-12(2)7-15(3)11-4-8(6-14)10(13)5-9(11)12/h4-5H,7H2,1-3H3. The highest BCUT2D eigenvalue weighted by molar-refractivity contribution is 5.64. The van der Waals surface area contributed by atoms with E-state index in [0.717, 1.165) is 17.8 Å². The Morgan fingerprint density at radius 1 is 1.47 bits per heavy atom. The second kappa shape index (κ2) is 2.96. The van der Waals surface area contributed by atoms with Crippen LogP contribution in [0.1, 0.15) is 25.0 Å². The number of hydrogen-bond acceptors (Lipinski definition) is 2. The number of nitriles is 1. The number of anilines is 1. The highest BCUT2D eigenvalue weighted by atomic mass is 19.1. The fraction of sp³-hybridized carbons (Fsp3) is 0.417. The zero-order valence-corrected chi connectivity index (χ0v) is 9.13. The molecule has 2 rings (SSSR count). The molecule has 0 unspecified atom stereocenters. The smallest absolute Gasteiger partial charge is 0.141 e. The van der Waals surface area contributed by atoms with E-state index in [1.165, 1.54) is 6.07 Å². The first kappa shape index (κ1) is 9.97. The SMILES string of the molecule is CN1CC(C)(C)c2cc(F)c(C#N)cc21. The van der Waals surface area contributed by atoms with Crippen LogP contribution in [0, 0.1) is 17.1 Å². The summed E-state index contributed by atoms with van der Waals surface area (Å²) in [6.45, 7) is 5.03. The van der Waals surface area contributed by atoms with Crippen LogP contribution in [0.25, 0.3) is 0 Å². The van der Waals surface area contributed by atoms with Gasteiger partial charge in [0, 0.05) is 24.7 Å². The Kier molecular flexibility index (Phi) is 1.97. The van der Waals surface area contributed by atoms with Crippen LogP contribution in [0.15, 0.2) is 12.1 Å². The molecule has 0 fully saturated rings. The van der Waals surface area contributed by atoms with Gasteiger partial charge in [0.2, 0.25) is 0 Å². The molecule has 0 saturated heterocycles. The van der Waals surface area contributed by atoms with Gasteiger partial charge in [-0.05, 0) is 17.7 Å². The van der Waals surface area contributed by atoms with E-state index in [2.05, 4.69) is 18.7 Å². The Balaban J connectivity index is 2.67. The van der Waals surface area contributed by atoms with Crippen molar-refractivity contribution in [2.24, 2.45) is 0 Å². The summed E-state index contributed by atoms with van der Waals surface area (Å²) < 4.78 is 13.5. The second-order valence-electron chi connectivity index (χ2n) is 4.70. The number of halogens is 1. The molecule has 0 atom stereocenters. The lowest BCUT2D eigenvalue weighted by molar-refractivity contribution is 0.555. The number of benzene rings is 1. The number of rotatable bonds is 0. The van der Waals surface area contributed by atoms with Gasteiger partial charge in [-0.25, -0.2) is 4.39 Å². The molecular weight excluding hydrogens is 191 g/mol. The van der Waals surface area contributed by atoms with Crippen LogP contribution in [-0.4, -0.2) is 13.6 Å². The number of hydrogen-bond donors (Lipinski definition) is 0. The largest absolute Gasteiger partial charge is 0.373 e. The van der Waals surface area contributed by atoms with Gasteiger partial charge in [0.15, 0.2) is 0 Å². The van der Waals surface area contributed by atoms with Gasteiger partial charge in [-0.3, -0.25) is 0 Å². The van der Waals surface area contributed by atoms with Crippen molar-refractivity contribution in [2.45, 2.75) is 19.3 Å². The molecule has 1 aromatic carbocycles. The highest BCUT2D eigenvalue weighted by Gasteiger charge is 2.34. The summed E-state index contributed by atoms with van der Waals surface area (Å²) in [6.07, 6.45) is 0. The molecule has 1 aromatic rings. The summed E-state index contributed by atoms with van der Waals surface area (Å²) in [5, 5.41) is 8.76. The summed E-state index contributed by atoms with van der Waals surface area (Å²) in [6, 6.07) is 5.01. The average Bonchev–Trinajstić information content (AvgIpc) is 2.36. The molecule has 0 amide bonds. The van der Waals surface area contributed by atoms with Crippen molar-refractivity contribution in [3.05, 3.63) is 29.1 Å². The first-order valence-electron chi connectivity index (χ1n) is 4.91. The van der Waals surface area contributed by atoms with Crippen LogP contribution >= 0.6 is 0 Å². The lowest BCUT2D eigenvalue weighted by atomic mass is 9.86. The Hall–Kier alpha value is -1.56. The first-order valence-corrected chi connectivity index (χ1v) is 4.91. The molecule has 1 aliphatic rings. The first-order chi connectivity index (χ1) is 6.95. The third kappa shape index (κ3) is 1.37. The van der Waals surface area contributed by atoms with Crippen LogP contribution in [0.5, 0.6) is 0 Å². The monoisotopic (exact) mass is 204 g/mol. The van der Waals surface area contributed by atoms with Gasteiger partial charge in [0.05, 0.1) is 5.56 Å². The van der Waals surface area contributed by atoms with Crippen molar-refractivity contribution in [1.29, 1.82) is 5.26 Å². The molecule has 1 heterocycles. The van der Waals surface area contributed by atoms with Gasteiger partial charge in [-0.15, -0.1) is 0 Å². The molecule has 3 heteroatoms. The molecule has 0 spiro atoms.